The number of aromatic nitrogens is 4. The first-order valence-electron chi connectivity index (χ1n) is 10.9. The number of alkyl halides is 1. The van der Waals surface area contributed by atoms with E-state index in [1.165, 1.54) is 36.4 Å². The van der Waals surface area contributed by atoms with E-state index in [1.807, 2.05) is 0 Å². The first kappa shape index (κ1) is 29.0. The van der Waals surface area contributed by atoms with Crippen LogP contribution in [0.3, 0.4) is 0 Å². The number of halogens is 4. The highest BCUT2D eigenvalue weighted by molar-refractivity contribution is 7.57. The van der Waals surface area contributed by atoms with Gasteiger partial charge in [-0.1, -0.05) is 10.6 Å². The van der Waals surface area contributed by atoms with Gasteiger partial charge in [0.1, 0.15) is 30.2 Å². The summed E-state index contributed by atoms with van der Waals surface area (Å²) >= 11 is 10.2. The van der Waals surface area contributed by atoms with Crippen LogP contribution in [-0.4, -0.2) is 45.3 Å². The third-order valence-corrected chi connectivity index (χ3v) is 5.14. The number of rotatable bonds is 10. The van der Waals surface area contributed by atoms with Crippen molar-refractivity contribution < 1.29 is 27.6 Å². The van der Waals surface area contributed by atoms with Gasteiger partial charge in [-0.05, 0) is 18.6 Å². The van der Waals surface area contributed by atoms with Crippen LogP contribution in [0.4, 0.5) is 26.0 Å². The summed E-state index contributed by atoms with van der Waals surface area (Å²) in [5, 5.41) is 10.2. The predicted octanol–water partition coefficient (Wildman–Crippen LogP) is 5.67. The van der Waals surface area contributed by atoms with Crippen LogP contribution in [-0.2, 0) is 15.9 Å². The molecule has 0 spiro atoms. The van der Waals surface area contributed by atoms with Gasteiger partial charge in [-0.2, -0.15) is 5.10 Å². The van der Waals surface area contributed by atoms with Crippen LogP contribution in [0.25, 0.3) is 10.9 Å². The van der Waals surface area contributed by atoms with E-state index in [4.69, 9.17) is 25.6 Å². The molecule has 200 valence electrons. The van der Waals surface area contributed by atoms with E-state index >= 15 is 0 Å². The zero-order valence-corrected chi connectivity index (χ0v) is 22.4. The maximum Gasteiger partial charge on any atom is 0.441 e. The lowest BCUT2D eigenvalue weighted by Crippen LogP contribution is -2.19. The number of fused-ring (bicyclic) bond motifs is 1. The van der Waals surface area contributed by atoms with Crippen LogP contribution in [0.5, 0.6) is 11.5 Å². The quantitative estimate of drug-likeness (QED) is 0.139. The number of hydrogen-bond donors (Lipinski definition) is 2. The van der Waals surface area contributed by atoms with Crippen molar-refractivity contribution in [2.24, 2.45) is 0 Å². The van der Waals surface area contributed by atoms with E-state index in [9.17, 15) is 13.6 Å². The lowest BCUT2D eigenvalue weighted by molar-refractivity contribution is -0.116. The number of hydrogen-bond acceptors (Lipinski definition) is 8. The summed E-state index contributed by atoms with van der Waals surface area (Å²) in [5.41, 5.74) is 0.900. The summed E-state index contributed by atoms with van der Waals surface area (Å²) in [6.45, 7) is 0.251. The van der Waals surface area contributed by atoms with Gasteiger partial charge in [0.15, 0.2) is 11.6 Å². The first-order chi connectivity index (χ1) is 18.4. The highest BCUT2D eigenvalue weighted by Gasteiger charge is 2.15. The third kappa shape index (κ3) is 7.70. The van der Waals surface area contributed by atoms with Gasteiger partial charge in [-0.25, -0.2) is 18.7 Å². The number of amides is 1. The molecule has 0 aliphatic rings. The molecule has 15 heteroatoms. The van der Waals surface area contributed by atoms with Gasteiger partial charge in [-0.15, -0.1) is 11.6 Å². The van der Waals surface area contributed by atoms with Crippen LogP contribution in [0, 0.1) is 11.6 Å². The van der Waals surface area contributed by atoms with Crippen molar-refractivity contribution in [2.45, 2.75) is 13.0 Å². The molecule has 2 aromatic heterocycles. The molecule has 0 saturated heterocycles. The van der Waals surface area contributed by atoms with E-state index < -0.39 is 25.4 Å². The second-order valence-electron chi connectivity index (χ2n) is 7.41. The predicted molar refractivity (Wildman–Crippen MR) is 142 cm³/mol. The van der Waals surface area contributed by atoms with Crippen molar-refractivity contribution in [3.63, 3.8) is 0 Å². The van der Waals surface area contributed by atoms with Crippen molar-refractivity contribution in [3.8, 4) is 11.5 Å². The van der Waals surface area contributed by atoms with E-state index in [0.29, 0.717) is 52.8 Å². The molecular weight excluding hydrogens is 564 g/mol. The molecule has 2 heterocycles. The molecule has 1 atom stereocenters. The first-order valence-corrected chi connectivity index (χ1v) is 13.4. The van der Waals surface area contributed by atoms with Gasteiger partial charge in [0.25, 0.3) is 0 Å². The van der Waals surface area contributed by atoms with Crippen LogP contribution in [0.2, 0.25) is 0 Å². The molecule has 2 aromatic carbocycles. The lowest BCUT2D eigenvalue weighted by atomic mass is 10.2. The van der Waals surface area contributed by atoms with Crippen LogP contribution in [0.1, 0.15) is 6.42 Å². The normalized spacial score (nSPS) is 10.6. The largest absolute Gasteiger partial charge is 0.496 e. The Hall–Kier alpha value is -3.60. The number of ether oxygens (including phenoxy) is 2. The Morgan fingerprint density at radius 3 is 2.76 bits per heavy atom. The Labute approximate surface area is 227 Å². The fraction of sp³-hybridized carbons (Fsp3) is 0.217. The molecule has 0 bridgehead atoms. The summed E-state index contributed by atoms with van der Waals surface area (Å²) in [7, 11) is 0.839. The zero-order chi connectivity index (χ0) is 27.5. The molecule has 0 radical (unpaired) electrons. The minimum Gasteiger partial charge on any atom is -0.496 e. The molecular formula is C23H22Cl2F2N6O4P+. The van der Waals surface area contributed by atoms with Gasteiger partial charge in [0, 0.05) is 24.2 Å². The average molecular weight is 586 g/mol. The maximum atomic E-state index is 13.8. The van der Waals surface area contributed by atoms with E-state index in [1.54, 1.807) is 18.3 Å². The Morgan fingerprint density at radius 2 is 2.03 bits per heavy atom. The highest BCUT2D eigenvalue weighted by Crippen LogP contribution is 2.35. The Bertz CT molecular complexity index is 1410. The van der Waals surface area contributed by atoms with Gasteiger partial charge in [-0.3, -0.25) is 9.48 Å². The summed E-state index contributed by atoms with van der Waals surface area (Å²) in [6.07, 6.45) is 5.18. The van der Waals surface area contributed by atoms with Crippen LogP contribution >= 0.6 is 30.7 Å². The molecule has 4 rings (SSSR count). The smallest absolute Gasteiger partial charge is 0.441 e. The van der Waals surface area contributed by atoms with E-state index in [2.05, 4.69) is 36.9 Å². The monoisotopic (exact) mass is 585 g/mol. The molecule has 10 nitrogen and oxygen atoms in total. The molecule has 38 heavy (non-hydrogen) atoms. The van der Waals surface area contributed by atoms with Gasteiger partial charge < -0.3 is 20.1 Å². The van der Waals surface area contributed by atoms with Crippen molar-refractivity contribution in [2.75, 3.05) is 30.2 Å². The maximum absolute atomic E-state index is 13.8. The zero-order valence-electron chi connectivity index (χ0n) is 19.9. The SMILES string of the molecule is COc1cc(OCCCCl)cc2ncnc(Nc3cnn(CC(=O)Nc4cccc(F)c4F)c3)c12.O=[PH+]Cl. The topological polar surface area (TPSA) is 120 Å². The molecule has 2 N–H and O–H groups in total. The average Bonchev–Trinajstić information content (AvgIpc) is 3.33. The van der Waals surface area contributed by atoms with Crippen molar-refractivity contribution in [1.29, 1.82) is 0 Å². The number of nitrogens with one attached hydrogen (secondary N) is 2. The minimum absolute atomic E-state index is 0.214. The molecule has 0 fully saturated rings. The van der Waals surface area contributed by atoms with Gasteiger partial charge in [0.05, 0.1) is 42.2 Å². The van der Waals surface area contributed by atoms with Crippen LogP contribution in [0.15, 0.2) is 49.1 Å². The minimum atomic E-state index is -1.12. The Kier molecular flexibility index (Phi) is 11.0. The third-order valence-electron chi connectivity index (χ3n) is 4.87. The number of anilines is 3. The number of benzene rings is 2. The van der Waals surface area contributed by atoms with Gasteiger partial charge in [0.2, 0.25) is 17.1 Å². The van der Waals surface area contributed by atoms with Crippen molar-refractivity contribution >= 4 is 64.7 Å². The fourth-order valence-corrected chi connectivity index (χ4v) is 3.41. The Balaban J connectivity index is 0.00000127. The standard InChI is InChI=1S/C23H21ClF2N6O3.ClOP/c1-34-19-9-15(35-7-3-6-24)8-18-21(19)23(28-13-27-18)30-14-10-29-32(11-14)12-20(33)31-17-5-2-4-16(25)22(17)26;1-3-2/h2,4-5,8-11,13H,3,6-7,12H2,1H3,(H,31,33)(H,27,28,30);/p+1. The summed E-state index contributed by atoms with van der Waals surface area (Å²) in [6, 6.07) is 7.06. The molecule has 1 unspecified atom stereocenters. The summed E-state index contributed by atoms with van der Waals surface area (Å²) in [5.74, 6) is -0.674. The molecule has 1 amide bonds. The number of nitrogens with zero attached hydrogens (tertiary/aromatic N) is 4. The molecule has 4 aromatic rings. The summed E-state index contributed by atoms with van der Waals surface area (Å²) < 4.78 is 48.4. The second kappa shape index (κ2) is 14.4. The highest BCUT2D eigenvalue weighted by atomic mass is 35.7. The molecule has 0 aliphatic carbocycles. The summed E-state index contributed by atoms with van der Waals surface area (Å²) in [4.78, 5) is 20.9. The second-order valence-corrected chi connectivity index (χ2v) is 8.41. The fourth-order valence-electron chi connectivity index (χ4n) is 3.30. The number of carbonyl (C=O) groups is 1. The van der Waals surface area contributed by atoms with Crippen LogP contribution < -0.4 is 20.1 Å². The Morgan fingerprint density at radius 1 is 1.24 bits per heavy atom. The van der Waals surface area contributed by atoms with E-state index in [0.717, 1.165) is 6.07 Å². The number of carbonyl (C=O) groups excluding carboxylic acids is 1. The van der Waals surface area contributed by atoms with Gasteiger partial charge >= 0.3 is 7.81 Å². The number of methoxy groups -OCH3 is 1. The lowest BCUT2D eigenvalue weighted by Gasteiger charge is -2.13. The molecule has 0 aliphatic heterocycles. The van der Waals surface area contributed by atoms with Crippen molar-refractivity contribution in [3.05, 3.63) is 60.7 Å². The van der Waals surface area contributed by atoms with E-state index in [-0.39, 0.29) is 12.2 Å². The molecule has 0 saturated carbocycles. The van der Waals surface area contributed by atoms with Crippen molar-refractivity contribution in [1.82, 2.24) is 19.7 Å².